The van der Waals surface area contributed by atoms with Crippen LogP contribution in [0, 0.1) is 17.1 Å². The quantitative estimate of drug-likeness (QED) is 0.817. The van der Waals surface area contributed by atoms with Gasteiger partial charge in [0, 0.05) is 10.6 Å². The molecule has 72 valence electrons. The van der Waals surface area contributed by atoms with Crippen LogP contribution in [0.2, 0.25) is 5.02 Å². The van der Waals surface area contributed by atoms with Gasteiger partial charge in [0.1, 0.15) is 0 Å². The number of halogens is 2. The van der Waals surface area contributed by atoms with Gasteiger partial charge in [-0.05, 0) is 12.1 Å². The summed E-state index contributed by atoms with van der Waals surface area (Å²) in [6.45, 7) is 0. The number of phenols is 1. The molecule has 0 saturated carbocycles. The summed E-state index contributed by atoms with van der Waals surface area (Å²) in [7, 11) is 0. The Morgan fingerprint density at radius 1 is 1.57 bits per heavy atom. The second-order valence-electron chi connectivity index (χ2n) is 2.59. The molecule has 0 bridgehead atoms. The van der Waals surface area contributed by atoms with E-state index in [0.29, 0.717) is 0 Å². The van der Waals surface area contributed by atoms with Crippen LogP contribution >= 0.6 is 11.6 Å². The van der Waals surface area contributed by atoms with Crippen molar-refractivity contribution in [1.29, 1.82) is 5.26 Å². The molecule has 0 aliphatic rings. The Morgan fingerprint density at radius 3 is 2.93 bits per heavy atom. The number of phenolic OH excluding ortho intramolecular Hbond substituents is 1. The van der Waals surface area contributed by atoms with Crippen LogP contribution in [0.4, 0.5) is 4.39 Å². The maximum absolute atomic E-state index is 12.9. The second kappa shape index (κ2) is 4.64. The van der Waals surface area contributed by atoms with Gasteiger partial charge in [-0.3, -0.25) is 0 Å². The first kappa shape index (κ1) is 10.6. The van der Waals surface area contributed by atoms with Crippen LogP contribution in [0.25, 0.3) is 6.08 Å². The zero-order chi connectivity index (χ0) is 10.6. The number of allylic oxidation sites excluding steroid dienone is 1. The number of nitrogens with zero attached hydrogens (tertiary/aromatic N) is 1. The van der Waals surface area contributed by atoms with Gasteiger partial charge in [0.15, 0.2) is 11.6 Å². The molecule has 1 rings (SSSR count). The predicted octanol–water partition coefficient (Wildman–Crippen LogP) is 3.11. The summed E-state index contributed by atoms with van der Waals surface area (Å²) in [5, 5.41) is 17.7. The average molecular weight is 212 g/mol. The third-order valence-corrected chi connectivity index (χ3v) is 1.78. The monoisotopic (exact) mass is 211 g/mol. The van der Waals surface area contributed by atoms with Crippen molar-refractivity contribution < 1.29 is 9.50 Å². The van der Waals surface area contributed by atoms with Crippen LogP contribution in [0.5, 0.6) is 5.75 Å². The fourth-order valence-corrected chi connectivity index (χ4v) is 1.16. The lowest BCUT2D eigenvalue weighted by molar-refractivity contribution is 0.431. The van der Waals surface area contributed by atoms with Crippen LogP contribution in [0.15, 0.2) is 18.2 Å². The molecule has 0 aliphatic heterocycles. The molecule has 0 fully saturated rings. The van der Waals surface area contributed by atoms with E-state index in [9.17, 15) is 9.50 Å². The van der Waals surface area contributed by atoms with Crippen molar-refractivity contribution in [1.82, 2.24) is 0 Å². The van der Waals surface area contributed by atoms with E-state index in [1.54, 1.807) is 0 Å². The highest BCUT2D eigenvalue weighted by atomic mass is 35.5. The molecule has 4 heteroatoms. The Morgan fingerprint density at radius 2 is 2.29 bits per heavy atom. The summed E-state index contributed by atoms with van der Waals surface area (Å²) in [5.41, 5.74) is 0.269. The lowest BCUT2D eigenvalue weighted by Gasteiger charge is -2.00. The van der Waals surface area contributed by atoms with Crippen molar-refractivity contribution in [2.24, 2.45) is 0 Å². The van der Waals surface area contributed by atoms with E-state index >= 15 is 0 Å². The van der Waals surface area contributed by atoms with Crippen LogP contribution in [0.1, 0.15) is 12.0 Å². The van der Waals surface area contributed by atoms with Gasteiger partial charge in [0.05, 0.1) is 12.5 Å². The molecule has 1 aromatic carbocycles. The maximum atomic E-state index is 12.9. The zero-order valence-electron chi connectivity index (χ0n) is 7.17. The SMILES string of the molecule is N#CCC=Cc1cc(Cl)cc(F)c1O. The molecule has 0 unspecified atom stereocenters. The molecule has 0 amide bonds. The minimum absolute atomic E-state index is 0.202. The van der Waals surface area contributed by atoms with Crippen molar-refractivity contribution in [3.63, 3.8) is 0 Å². The van der Waals surface area contributed by atoms with Gasteiger partial charge in [-0.1, -0.05) is 23.8 Å². The third-order valence-electron chi connectivity index (χ3n) is 1.56. The van der Waals surface area contributed by atoms with Gasteiger partial charge >= 0.3 is 0 Å². The van der Waals surface area contributed by atoms with Gasteiger partial charge in [-0.25, -0.2) is 4.39 Å². The normalized spacial score (nSPS) is 10.4. The van der Waals surface area contributed by atoms with E-state index in [1.165, 1.54) is 18.2 Å². The van der Waals surface area contributed by atoms with E-state index in [1.807, 2.05) is 6.07 Å². The fourth-order valence-electron chi connectivity index (χ4n) is 0.952. The second-order valence-corrected chi connectivity index (χ2v) is 3.03. The molecule has 0 aromatic heterocycles. The van der Waals surface area contributed by atoms with Gasteiger partial charge in [-0.2, -0.15) is 5.26 Å². The fraction of sp³-hybridized carbons (Fsp3) is 0.100. The number of aromatic hydroxyl groups is 1. The van der Waals surface area contributed by atoms with Gasteiger partial charge in [-0.15, -0.1) is 0 Å². The summed E-state index contributed by atoms with van der Waals surface area (Å²) in [4.78, 5) is 0. The zero-order valence-corrected chi connectivity index (χ0v) is 7.92. The number of rotatable bonds is 2. The van der Waals surface area contributed by atoms with Crippen molar-refractivity contribution in [3.8, 4) is 11.8 Å². The topological polar surface area (TPSA) is 44.0 Å². The number of hydrogen-bond acceptors (Lipinski definition) is 2. The standard InChI is InChI=1S/C10H7ClFNO/c11-8-5-7(3-1-2-4-13)10(14)9(12)6-8/h1,3,5-6,14H,2H2. The van der Waals surface area contributed by atoms with E-state index in [2.05, 4.69) is 0 Å². The maximum Gasteiger partial charge on any atom is 0.166 e. The molecule has 0 atom stereocenters. The molecule has 0 saturated heterocycles. The lowest BCUT2D eigenvalue weighted by Crippen LogP contribution is -1.81. The minimum atomic E-state index is -0.769. The third kappa shape index (κ3) is 2.48. The molecule has 0 aliphatic carbocycles. The van der Waals surface area contributed by atoms with E-state index in [-0.39, 0.29) is 17.0 Å². The predicted molar refractivity (Wildman–Crippen MR) is 52.3 cm³/mol. The van der Waals surface area contributed by atoms with Crippen LogP contribution < -0.4 is 0 Å². The number of hydrogen-bond donors (Lipinski definition) is 1. The average Bonchev–Trinajstić information content (AvgIpc) is 2.13. The first-order valence-electron chi connectivity index (χ1n) is 3.86. The Labute approximate surface area is 85.9 Å². The van der Waals surface area contributed by atoms with Crippen LogP contribution in [-0.2, 0) is 0 Å². The van der Waals surface area contributed by atoms with Crippen LogP contribution in [0.3, 0.4) is 0 Å². The first-order chi connectivity index (χ1) is 6.65. The summed E-state index contributed by atoms with van der Waals surface area (Å²) >= 11 is 5.58. The molecule has 0 radical (unpaired) electrons. The molecule has 1 aromatic rings. The molecule has 0 heterocycles. The Bertz CT molecular complexity index is 409. The molecular weight excluding hydrogens is 205 g/mol. The van der Waals surface area contributed by atoms with Gasteiger partial charge in [0.2, 0.25) is 0 Å². The van der Waals surface area contributed by atoms with Crippen molar-refractivity contribution in [2.75, 3.05) is 0 Å². The highest BCUT2D eigenvalue weighted by Crippen LogP contribution is 2.26. The van der Waals surface area contributed by atoms with Gasteiger partial charge < -0.3 is 5.11 Å². The number of nitriles is 1. The molecule has 1 N–H and O–H groups in total. The highest BCUT2D eigenvalue weighted by Gasteiger charge is 2.06. The largest absolute Gasteiger partial charge is 0.504 e. The van der Waals surface area contributed by atoms with E-state index in [0.717, 1.165) is 6.07 Å². The van der Waals surface area contributed by atoms with Crippen molar-refractivity contribution in [3.05, 3.63) is 34.6 Å². The lowest BCUT2D eigenvalue weighted by atomic mass is 10.1. The number of benzene rings is 1. The molecular formula is C10H7ClFNO. The van der Waals surface area contributed by atoms with Gasteiger partial charge in [0.25, 0.3) is 0 Å². The summed E-state index contributed by atoms with van der Waals surface area (Å²) in [6.07, 6.45) is 3.17. The molecule has 0 spiro atoms. The minimum Gasteiger partial charge on any atom is -0.504 e. The first-order valence-corrected chi connectivity index (χ1v) is 4.24. The molecule has 2 nitrogen and oxygen atoms in total. The van der Waals surface area contributed by atoms with E-state index < -0.39 is 11.6 Å². The van der Waals surface area contributed by atoms with E-state index in [4.69, 9.17) is 16.9 Å². The van der Waals surface area contributed by atoms with Crippen molar-refractivity contribution >= 4 is 17.7 Å². The Balaban J connectivity index is 3.03. The smallest absolute Gasteiger partial charge is 0.166 e. The summed E-state index contributed by atoms with van der Waals surface area (Å²) in [6, 6.07) is 4.34. The Kier molecular flexibility index (Phi) is 3.49. The highest BCUT2D eigenvalue weighted by molar-refractivity contribution is 6.30. The Hall–Kier alpha value is -1.53. The summed E-state index contributed by atoms with van der Waals surface area (Å²) < 4.78 is 12.9. The summed E-state index contributed by atoms with van der Waals surface area (Å²) in [5.74, 6) is -1.22. The molecule has 14 heavy (non-hydrogen) atoms. The van der Waals surface area contributed by atoms with Crippen molar-refractivity contribution in [2.45, 2.75) is 6.42 Å². The van der Waals surface area contributed by atoms with Crippen LogP contribution in [-0.4, -0.2) is 5.11 Å².